The molecule has 2 unspecified atom stereocenters. The number of anilines is 1. The lowest BCUT2D eigenvalue weighted by Gasteiger charge is -2.15. The molecule has 1 aromatic carbocycles. The van der Waals surface area contributed by atoms with Crippen LogP contribution >= 0.6 is 0 Å². The lowest BCUT2D eigenvalue weighted by atomic mass is 10.0. The Balaban J connectivity index is 2.07. The molecule has 0 aliphatic carbocycles. The topological polar surface area (TPSA) is 84.3 Å². The van der Waals surface area contributed by atoms with Gasteiger partial charge in [-0.2, -0.15) is 0 Å². The van der Waals surface area contributed by atoms with E-state index >= 15 is 0 Å². The molecule has 2 rings (SSSR count). The van der Waals surface area contributed by atoms with E-state index in [0.717, 1.165) is 13.0 Å². The van der Waals surface area contributed by atoms with Crippen LogP contribution in [-0.2, 0) is 4.79 Å². The third-order valence-corrected chi connectivity index (χ3v) is 3.14. The molecule has 1 aromatic rings. The van der Waals surface area contributed by atoms with E-state index in [9.17, 15) is 14.9 Å². The van der Waals surface area contributed by atoms with Crippen LogP contribution in [0, 0.1) is 16.0 Å². The third kappa shape index (κ3) is 2.65. The Labute approximate surface area is 105 Å². The second kappa shape index (κ2) is 5.14. The number of benzene rings is 1. The molecule has 6 nitrogen and oxygen atoms in total. The first-order valence-corrected chi connectivity index (χ1v) is 5.86. The van der Waals surface area contributed by atoms with Crippen LogP contribution in [0.3, 0.4) is 0 Å². The number of hydrogen-bond donors (Lipinski definition) is 2. The molecule has 1 saturated heterocycles. The number of carbonyl (C=O) groups excluding carboxylic acids is 1. The zero-order valence-corrected chi connectivity index (χ0v) is 10.1. The summed E-state index contributed by atoms with van der Waals surface area (Å²) in [7, 11) is 0. The summed E-state index contributed by atoms with van der Waals surface area (Å²) in [6, 6.07) is 5.73. The van der Waals surface area contributed by atoms with Crippen molar-refractivity contribution in [2.45, 2.75) is 19.4 Å². The van der Waals surface area contributed by atoms with Crippen molar-refractivity contribution in [1.29, 1.82) is 0 Å². The van der Waals surface area contributed by atoms with Crippen molar-refractivity contribution >= 4 is 17.3 Å². The van der Waals surface area contributed by atoms with Gasteiger partial charge in [-0.25, -0.2) is 0 Å². The second-order valence-electron chi connectivity index (χ2n) is 4.49. The first-order valence-electron chi connectivity index (χ1n) is 5.86. The van der Waals surface area contributed by atoms with Gasteiger partial charge in [0, 0.05) is 17.8 Å². The number of rotatable bonds is 3. The fraction of sp³-hybridized carbons (Fsp3) is 0.417. The fourth-order valence-corrected chi connectivity index (χ4v) is 2.10. The standard InChI is InChI=1S/C12H15N3O3/c1-8-5-6-13-11(8)12(16)14-9-3-2-4-10(7-9)15(17)18/h2-4,7-8,11,13H,5-6H2,1H3,(H,14,16). The molecule has 2 N–H and O–H groups in total. The molecule has 2 atom stereocenters. The molecular formula is C12H15N3O3. The minimum absolute atomic E-state index is 0.0276. The summed E-state index contributed by atoms with van der Waals surface area (Å²) in [6.07, 6.45) is 0.965. The number of nitro benzene ring substituents is 1. The van der Waals surface area contributed by atoms with E-state index in [1.807, 2.05) is 6.92 Å². The molecule has 1 heterocycles. The molecule has 0 saturated carbocycles. The smallest absolute Gasteiger partial charge is 0.271 e. The van der Waals surface area contributed by atoms with Crippen LogP contribution in [0.25, 0.3) is 0 Å². The summed E-state index contributed by atoms with van der Waals surface area (Å²) in [5.41, 5.74) is 0.426. The van der Waals surface area contributed by atoms with Crippen molar-refractivity contribution < 1.29 is 9.72 Å². The molecule has 0 aromatic heterocycles. The predicted molar refractivity (Wildman–Crippen MR) is 67.3 cm³/mol. The largest absolute Gasteiger partial charge is 0.324 e. The maximum atomic E-state index is 12.0. The highest BCUT2D eigenvalue weighted by atomic mass is 16.6. The lowest BCUT2D eigenvalue weighted by Crippen LogP contribution is -2.39. The highest BCUT2D eigenvalue weighted by molar-refractivity contribution is 5.95. The Morgan fingerprint density at radius 3 is 2.94 bits per heavy atom. The van der Waals surface area contributed by atoms with E-state index < -0.39 is 4.92 Å². The summed E-state index contributed by atoms with van der Waals surface area (Å²) >= 11 is 0. The number of non-ortho nitro benzene ring substituents is 1. The van der Waals surface area contributed by atoms with E-state index in [0.29, 0.717) is 5.69 Å². The summed E-state index contributed by atoms with van der Waals surface area (Å²) in [5, 5.41) is 16.4. The SMILES string of the molecule is CC1CCNC1C(=O)Nc1cccc([N+](=O)[O-])c1. The maximum Gasteiger partial charge on any atom is 0.271 e. The molecule has 0 spiro atoms. The van der Waals surface area contributed by atoms with Gasteiger partial charge < -0.3 is 10.6 Å². The Morgan fingerprint density at radius 1 is 1.56 bits per heavy atom. The van der Waals surface area contributed by atoms with Crippen LogP contribution in [0.2, 0.25) is 0 Å². The van der Waals surface area contributed by atoms with Gasteiger partial charge in [0.2, 0.25) is 5.91 Å². The van der Waals surface area contributed by atoms with Crippen molar-refractivity contribution in [1.82, 2.24) is 5.32 Å². The number of amides is 1. The molecular weight excluding hydrogens is 234 g/mol. The number of carbonyl (C=O) groups is 1. The minimum Gasteiger partial charge on any atom is -0.324 e. The Bertz CT molecular complexity index is 475. The summed E-state index contributed by atoms with van der Waals surface area (Å²) in [5.74, 6) is 0.143. The van der Waals surface area contributed by atoms with Crippen molar-refractivity contribution in [3.63, 3.8) is 0 Å². The zero-order valence-electron chi connectivity index (χ0n) is 10.1. The van der Waals surface area contributed by atoms with Crippen LogP contribution in [-0.4, -0.2) is 23.4 Å². The number of nitro groups is 1. The molecule has 96 valence electrons. The summed E-state index contributed by atoms with van der Waals surface area (Å²) in [6.45, 7) is 2.84. The highest BCUT2D eigenvalue weighted by Gasteiger charge is 2.29. The van der Waals surface area contributed by atoms with Gasteiger partial charge in [0.05, 0.1) is 11.0 Å². The monoisotopic (exact) mass is 249 g/mol. The molecule has 1 aliphatic rings. The van der Waals surface area contributed by atoms with Crippen LogP contribution in [0.4, 0.5) is 11.4 Å². The van der Waals surface area contributed by atoms with Crippen LogP contribution < -0.4 is 10.6 Å². The Morgan fingerprint density at radius 2 is 2.33 bits per heavy atom. The van der Waals surface area contributed by atoms with Gasteiger partial charge in [0.15, 0.2) is 0 Å². The first kappa shape index (κ1) is 12.5. The Hall–Kier alpha value is -1.95. The van der Waals surface area contributed by atoms with Gasteiger partial charge in [-0.1, -0.05) is 13.0 Å². The molecule has 1 fully saturated rings. The third-order valence-electron chi connectivity index (χ3n) is 3.14. The molecule has 0 bridgehead atoms. The molecule has 6 heteroatoms. The molecule has 0 radical (unpaired) electrons. The van der Waals surface area contributed by atoms with Gasteiger partial charge in [-0.3, -0.25) is 14.9 Å². The predicted octanol–water partition coefficient (Wildman–Crippen LogP) is 1.53. The van der Waals surface area contributed by atoms with E-state index in [1.54, 1.807) is 12.1 Å². The van der Waals surface area contributed by atoms with Crippen molar-refractivity contribution in [2.24, 2.45) is 5.92 Å². The van der Waals surface area contributed by atoms with Crippen molar-refractivity contribution in [3.8, 4) is 0 Å². The van der Waals surface area contributed by atoms with Crippen LogP contribution in [0.15, 0.2) is 24.3 Å². The van der Waals surface area contributed by atoms with Crippen LogP contribution in [0.1, 0.15) is 13.3 Å². The molecule has 18 heavy (non-hydrogen) atoms. The molecule has 1 aliphatic heterocycles. The van der Waals surface area contributed by atoms with Gasteiger partial charge in [0.1, 0.15) is 0 Å². The quantitative estimate of drug-likeness (QED) is 0.628. The van der Waals surface area contributed by atoms with Crippen LogP contribution in [0.5, 0.6) is 0 Å². The highest BCUT2D eigenvalue weighted by Crippen LogP contribution is 2.19. The van der Waals surface area contributed by atoms with Gasteiger partial charge >= 0.3 is 0 Å². The zero-order chi connectivity index (χ0) is 13.1. The normalized spacial score (nSPS) is 22.7. The summed E-state index contributed by atoms with van der Waals surface area (Å²) < 4.78 is 0. The molecule has 1 amide bonds. The number of hydrogen-bond acceptors (Lipinski definition) is 4. The van der Waals surface area contributed by atoms with Crippen molar-refractivity contribution in [2.75, 3.05) is 11.9 Å². The number of nitrogens with zero attached hydrogens (tertiary/aromatic N) is 1. The minimum atomic E-state index is -0.480. The Kier molecular flexibility index (Phi) is 3.57. The van der Waals surface area contributed by atoms with Gasteiger partial charge in [-0.05, 0) is 24.9 Å². The average Bonchev–Trinajstić information content (AvgIpc) is 2.76. The van der Waals surface area contributed by atoms with Gasteiger partial charge in [0.25, 0.3) is 5.69 Å². The average molecular weight is 249 g/mol. The fourth-order valence-electron chi connectivity index (χ4n) is 2.10. The second-order valence-corrected chi connectivity index (χ2v) is 4.49. The maximum absolute atomic E-state index is 12.0. The van der Waals surface area contributed by atoms with Gasteiger partial charge in [-0.15, -0.1) is 0 Å². The first-order chi connectivity index (χ1) is 8.58. The van der Waals surface area contributed by atoms with E-state index in [4.69, 9.17) is 0 Å². The van der Waals surface area contributed by atoms with E-state index in [2.05, 4.69) is 10.6 Å². The summed E-state index contributed by atoms with van der Waals surface area (Å²) in [4.78, 5) is 22.1. The van der Waals surface area contributed by atoms with E-state index in [-0.39, 0.29) is 23.6 Å². The number of nitrogens with one attached hydrogen (secondary N) is 2. The van der Waals surface area contributed by atoms with E-state index in [1.165, 1.54) is 12.1 Å². The van der Waals surface area contributed by atoms with Crippen molar-refractivity contribution in [3.05, 3.63) is 34.4 Å². The lowest BCUT2D eigenvalue weighted by molar-refractivity contribution is -0.384.